The molecule has 4 rings (SSSR count). The van der Waals surface area contributed by atoms with Gasteiger partial charge in [0.25, 0.3) is 0 Å². The van der Waals surface area contributed by atoms with Crippen LogP contribution in [0.25, 0.3) is 0 Å². The molecule has 1 aliphatic rings. The summed E-state index contributed by atoms with van der Waals surface area (Å²) in [4.78, 5) is 5.71. The number of phenolic OH excluding ortho intramolecular Hbond substituents is 3. The number of benzene rings is 2. The van der Waals surface area contributed by atoms with Crippen molar-refractivity contribution in [3.8, 4) is 17.2 Å². The fourth-order valence-corrected chi connectivity index (χ4v) is 4.24. The molecule has 1 aromatic heterocycles. The van der Waals surface area contributed by atoms with Crippen LogP contribution in [0.2, 0.25) is 0 Å². The Labute approximate surface area is 166 Å². The number of hydrogen-bond donors (Lipinski definition) is 3. The molecule has 7 heteroatoms. The summed E-state index contributed by atoms with van der Waals surface area (Å²) in [5.74, 6) is -0.839. The summed E-state index contributed by atoms with van der Waals surface area (Å²) in [6, 6.07) is 11.1. The van der Waals surface area contributed by atoms with Gasteiger partial charge in [0, 0.05) is 17.0 Å². The minimum atomic E-state index is -0.373. The van der Waals surface area contributed by atoms with Crippen molar-refractivity contribution < 1.29 is 15.3 Å². The summed E-state index contributed by atoms with van der Waals surface area (Å²) < 4.78 is 1.73. The molecule has 0 aliphatic heterocycles. The Bertz CT molecular complexity index is 1110. The second-order valence-corrected chi connectivity index (χ2v) is 7.75. The zero-order chi connectivity index (χ0) is 19.7. The Hall–Kier alpha value is -3.06. The minimum absolute atomic E-state index is 0.157. The highest BCUT2D eigenvalue weighted by molar-refractivity contribution is 7.07. The lowest BCUT2D eigenvalue weighted by atomic mass is 9.89. The summed E-state index contributed by atoms with van der Waals surface area (Å²) in [5.41, 5.74) is 4.00. The number of fused-ring (bicyclic) bond motifs is 1. The molecule has 3 aromatic rings. The van der Waals surface area contributed by atoms with E-state index in [1.54, 1.807) is 4.68 Å². The Morgan fingerprint density at radius 1 is 1.07 bits per heavy atom. The molecular weight excluding hydrogens is 374 g/mol. The van der Waals surface area contributed by atoms with Crippen LogP contribution in [0.15, 0.2) is 51.9 Å². The van der Waals surface area contributed by atoms with Crippen LogP contribution in [0, 0.1) is 6.92 Å². The first kappa shape index (κ1) is 18.3. The van der Waals surface area contributed by atoms with Gasteiger partial charge in [0.1, 0.15) is 5.75 Å². The number of aromatic nitrogens is 1. The average Bonchev–Trinajstić information content (AvgIpc) is 3.03. The zero-order valence-electron chi connectivity index (χ0n) is 15.4. The highest BCUT2D eigenvalue weighted by Gasteiger charge is 2.17. The van der Waals surface area contributed by atoms with Crippen molar-refractivity contribution in [2.75, 3.05) is 0 Å². The third-order valence-electron chi connectivity index (χ3n) is 4.90. The second-order valence-electron chi connectivity index (χ2n) is 6.91. The van der Waals surface area contributed by atoms with Gasteiger partial charge < -0.3 is 15.3 Å². The molecule has 1 aliphatic carbocycles. The molecule has 0 spiro atoms. The largest absolute Gasteiger partial charge is 0.507 e. The van der Waals surface area contributed by atoms with E-state index in [9.17, 15) is 15.3 Å². The molecule has 1 atom stereocenters. The fourth-order valence-electron chi connectivity index (χ4n) is 3.36. The van der Waals surface area contributed by atoms with Crippen LogP contribution in [-0.2, 0) is 12.8 Å². The van der Waals surface area contributed by atoms with Gasteiger partial charge in [0.2, 0.25) is 4.80 Å². The Balaban J connectivity index is 1.63. The van der Waals surface area contributed by atoms with Crippen molar-refractivity contribution in [1.82, 2.24) is 4.68 Å². The third-order valence-corrected chi connectivity index (χ3v) is 5.85. The van der Waals surface area contributed by atoms with Crippen LogP contribution in [0.1, 0.15) is 28.8 Å². The Kier molecular flexibility index (Phi) is 4.92. The zero-order valence-corrected chi connectivity index (χ0v) is 16.2. The monoisotopic (exact) mass is 395 g/mol. The average molecular weight is 395 g/mol. The highest BCUT2D eigenvalue weighted by atomic mass is 32.1. The summed E-state index contributed by atoms with van der Waals surface area (Å²) in [6.45, 7) is 1.94. The molecule has 0 amide bonds. The van der Waals surface area contributed by atoms with Crippen LogP contribution in [0.5, 0.6) is 17.2 Å². The molecule has 2 aromatic carbocycles. The summed E-state index contributed by atoms with van der Waals surface area (Å²) in [5, 5.41) is 35.5. The lowest BCUT2D eigenvalue weighted by Gasteiger charge is -2.21. The van der Waals surface area contributed by atoms with Crippen molar-refractivity contribution in [3.05, 3.63) is 69.0 Å². The van der Waals surface area contributed by atoms with E-state index in [2.05, 4.69) is 29.4 Å². The van der Waals surface area contributed by atoms with Crippen LogP contribution in [0.3, 0.4) is 0 Å². The smallest absolute Gasteiger partial charge is 0.206 e. The highest BCUT2D eigenvalue weighted by Crippen LogP contribution is 2.31. The van der Waals surface area contributed by atoms with Crippen molar-refractivity contribution in [2.24, 2.45) is 10.1 Å². The Morgan fingerprint density at radius 2 is 1.82 bits per heavy atom. The molecule has 28 heavy (non-hydrogen) atoms. The number of nitrogens with zero attached hydrogens (tertiary/aromatic N) is 3. The quantitative estimate of drug-likeness (QED) is 0.361. The topological polar surface area (TPSA) is 90.3 Å². The van der Waals surface area contributed by atoms with E-state index in [1.165, 1.54) is 34.7 Å². The van der Waals surface area contributed by atoms with Gasteiger partial charge in [0.15, 0.2) is 11.5 Å². The Morgan fingerprint density at radius 3 is 2.64 bits per heavy atom. The van der Waals surface area contributed by atoms with E-state index in [1.807, 2.05) is 12.3 Å². The number of aryl methyl sites for hydroxylation is 2. The first-order valence-corrected chi connectivity index (χ1v) is 9.96. The van der Waals surface area contributed by atoms with E-state index in [4.69, 9.17) is 4.99 Å². The van der Waals surface area contributed by atoms with Gasteiger partial charge in [-0.1, -0.05) is 24.3 Å². The van der Waals surface area contributed by atoms with Crippen molar-refractivity contribution in [2.45, 2.75) is 32.2 Å². The third kappa shape index (κ3) is 3.66. The van der Waals surface area contributed by atoms with E-state index >= 15 is 0 Å². The van der Waals surface area contributed by atoms with Crippen molar-refractivity contribution in [3.63, 3.8) is 0 Å². The molecule has 0 bridgehead atoms. The lowest BCUT2D eigenvalue weighted by molar-refractivity contribution is 0.396. The molecule has 0 saturated carbocycles. The van der Waals surface area contributed by atoms with E-state index in [0.717, 1.165) is 35.8 Å². The van der Waals surface area contributed by atoms with Gasteiger partial charge in [-0.15, -0.1) is 11.3 Å². The van der Waals surface area contributed by atoms with Gasteiger partial charge in [-0.05, 0) is 43.4 Å². The van der Waals surface area contributed by atoms with Gasteiger partial charge in [0.05, 0.1) is 18.0 Å². The maximum Gasteiger partial charge on any atom is 0.206 e. The normalized spacial score (nSPS) is 17.2. The van der Waals surface area contributed by atoms with E-state index in [-0.39, 0.29) is 23.3 Å². The van der Waals surface area contributed by atoms with Crippen molar-refractivity contribution in [1.29, 1.82) is 0 Å². The molecule has 1 unspecified atom stereocenters. The summed E-state index contributed by atoms with van der Waals surface area (Å²) in [7, 11) is 0. The summed E-state index contributed by atoms with van der Waals surface area (Å²) >= 11 is 1.53. The molecule has 144 valence electrons. The first-order valence-electron chi connectivity index (χ1n) is 9.08. The SMILES string of the molecule is Cc1cs/c(=N\C2CCc3ccccc3C2)n1/N=C/c1cc(O)c(O)cc1O. The molecular formula is C21H21N3O3S. The summed E-state index contributed by atoms with van der Waals surface area (Å²) in [6.07, 6.45) is 4.40. The molecule has 6 nitrogen and oxygen atoms in total. The molecule has 0 fully saturated rings. The van der Waals surface area contributed by atoms with Gasteiger partial charge in [-0.3, -0.25) is 4.99 Å². The minimum Gasteiger partial charge on any atom is -0.507 e. The molecule has 1 heterocycles. The fraction of sp³-hybridized carbons (Fsp3) is 0.238. The molecule has 0 radical (unpaired) electrons. The van der Waals surface area contributed by atoms with Gasteiger partial charge in [-0.2, -0.15) is 5.10 Å². The molecule has 0 saturated heterocycles. The lowest BCUT2D eigenvalue weighted by Crippen LogP contribution is -2.22. The number of phenols is 3. The maximum atomic E-state index is 9.94. The predicted octanol–water partition coefficient (Wildman–Crippen LogP) is 3.32. The number of aromatic hydroxyl groups is 3. The number of thiazole rings is 1. The van der Waals surface area contributed by atoms with Crippen LogP contribution in [0.4, 0.5) is 0 Å². The van der Waals surface area contributed by atoms with E-state index < -0.39 is 0 Å². The van der Waals surface area contributed by atoms with Crippen LogP contribution >= 0.6 is 11.3 Å². The van der Waals surface area contributed by atoms with Crippen molar-refractivity contribution >= 4 is 17.6 Å². The number of rotatable bonds is 3. The maximum absolute atomic E-state index is 9.94. The van der Waals surface area contributed by atoms with Crippen LogP contribution < -0.4 is 4.80 Å². The van der Waals surface area contributed by atoms with E-state index in [0.29, 0.717) is 5.56 Å². The standard InChI is InChI=1S/C21H21N3O3S/c1-13-12-28-21(23-17-7-6-14-4-2-3-5-15(14)8-17)24(13)22-11-16-9-19(26)20(27)10-18(16)25/h2-5,9-12,17,25-27H,6-8H2,1H3/b22-11+,23-21-. The predicted molar refractivity (Wildman–Crippen MR) is 109 cm³/mol. The van der Waals surface area contributed by atoms with Gasteiger partial charge >= 0.3 is 0 Å². The molecule has 3 N–H and O–H groups in total. The van der Waals surface area contributed by atoms with Crippen LogP contribution in [-0.4, -0.2) is 32.3 Å². The number of hydrogen-bond acceptors (Lipinski definition) is 6. The first-order chi connectivity index (χ1) is 13.5. The second kappa shape index (κ2) is 7.52. The van der Waals surface area contributed by atoms with Gasteiger partial charge in [-0.25, -0.2) is 4.68 Å².